The van der Waals surface area contributed by atoms with Crippen molar-refractivity contribution in [1.29, 1.82) is 0 Å². The second-order valence-electron chi connectivity index (χ2n) is 4.57. The van der Waals surface area contributed by atoms with Crippen molar-refractivity contribution in [3.05, 3.63) is 40.7 Å². The highest BCUT2D eigenvalue weighted by atomic mass is 35.5. The van der Waals surface area contributed by atoms with E-state index in [-0.39, 0.29) is 17.5 Å². The van der Waals surface area contributed by atoms with Gasteiger partial charge < -0.3 is 10.1 Å². The maximum Gasteiger partial charge on any atom is 0.218 e. The minimum atomic E-state index is -0.247. The summed E-state index contributed by atoms with van der Waals surface area (Å²) >= 11 is 5.94. The number of hydrogen-bond donors (Lipinski definition) is 1. The Labute approximate surface area is 120 Å². The highest BCUT2D eigenvalue weighted by Gasteiger charge is 2.23. The summed E-state index contributed by atoms with van der Waals surface area (Å²) in [6.07, 6.45) is 1.66. The van der Waals surface area contributed by atoms with Crippen molar-refractivity contribution >= 4 is 17.4 Å². The van der Waals surface area contributed by atoms with Crippen LogP contribution in [0.25, 0.3) is 0 Å². The van der Waals surface area contributed by atoms with E-state index in [1.165, 1.54) is 7.11 Å². The summed E-state index contributed by atoms with van der Waals surface area (Å²) < 4.78 is 6.89. The van der Waals surface area contributed by atoms with E-state index in [4.69, 9.17) is 16.3 Å². The van der Waals surface area contributed by atoms with Crippen LogP contribution in [0.5, 0.6) is 5.75 Å². The number of ketones is 1. The van der Waals surface area contributed by atoms with Crippen LogP contribution < -0.4 is 10.1 Å². The number of nitrogens with zero attached hydrogens (tertiary/aromatic N) is 3. The normalized spacial score (nSPS) is 14.9. The summed E-state index contributed by atoms with van der Waals surface area (Å²) in [5, 5.41) is 11.6. The molecule has 0 amide bonds. The Hall–Kier alpha value is -1.92. The Kier molecular flexibility index (Phi) is 3.42. The van der Waals surface area contributed by atoms with Gasteiger partial charge in [-0.2, -0.15) is 0 Å². The van der Waals surface area contributed by atoms with Gasteiger partial charge in [-0.3, -0.25) is 4.79 Å². The smallest absolute Gasteiger partial charge is 0.218 e. The molecule has 0 bridgehead atoms. The molecule has 20 heavy (non-hydrogen) atoms. The van der Waals surface area contributed by atoms with Gasteiger partial charge in [-0.25, -0.2) is 4.68 Å². The van der Waals surface area contributed by atoms with Crippen molar-refractivity contribution in [2.24, 2.45) is 0 Å². The summed E-state index contributed by atoms with van der Waals surface area (Å²) in [4.78, 5) is 12.5. The van der Waals surface area contributed by atoms with E-state index >= 15 is 0 Å². The summed E-state index contributed by atoms with van der Waals surface area (Å²) in [6, 6.07) is 5.18. The number of methoxy groups -OCH3 is 1. The molecule has 0 spiro atoms. The highest BCUT2D eigenvalue weighted by Crippen LogP contribution is 2.25. The molecular formula is C13H13ClN4O2. The number of carbonyl (C=O) groups excluding carboxylic acids is 1. The fourth-order valence-corrected chi connectivity index (χ4v) is 2.19. The van der Waals surface area contributed by atoms with Crippen molar-refractivity contribution in [2.45, 2.75) is 6.04 Å². The van der Waals surface area contributed by atoms with Gasteiger partial charge >= 0.3 is 0 Å². The number of rotatable bonds is 4. The fourth-order valence-electron chi connectivity index (χ4n) is 2.02. The topological polar surface area (TPSA) is 69.0 Å². The van der Waals surface area contributed by atoms with Crippen LogP contribution in [0.15, 0.2) is 24.4 Å². The number of aromatic nitrogens is 3. The fraction of sp³-hybridized carbons (Fsp3) is 0.308. The minimum absolute atomic E-state index is 0.247. The van der Waals surface area contributed by atoms with Gasteiger partial charge in [-0.05, 0) is 18.2 Å². The lowest BCUT2D eigenvalue weighted by Gasteiger charge is -2.26. The molecule has 104 valence electrons. The third-order valence-corrected chi connectivity index (χ3v) is 3.52. The second-order valence-corrected chi connectivity index (χ2v) is 5.01. The molecule has 7 heteroatoms. The number of hydrogen-bond acceptors (Lipinski definition) is 5. The Morgan fingerprint density at radius 2 is 2.30 bits per heavy atom. The molecule has 1 N–H and O–H groups in total. The summed E-state index contributed by atoms with van der Waals surface area (Å²) in [6.45, 7) is 1.69. The molecule has 1 fully saturated rings. The maximum atomic E-state index is 12.5. The first kappa shape index (κ1) is 13.1. The van der Waals surface area contributed by atoms with Crippen LogP contribution in [0.2, 0.25) is 5.02 Å². The Morgan fingerprint density at radius 3 is 2.95 bits per heavy atom. The molecule has 1 aliphatic rings. The van der Waals surface area contributed by atoms with Crippen LogP contribution in [0.1, 0.15) is 22.1 Å². The summed E-state index contributed by atoms with van der Waals surface area (Å²) in [7, 11) is 1.51. The molecule has 6 nitrogen and oxygen atoms in total. The quantitative estimate of drug-likeness (QED) is 0.861. The highest BCUT2D eigenvalue weighted by molar-refractivity contribution is 6.31. The molecule has 1 saturated heterocycles. The standard InChI is InChI=1S/C13H13ClN4O2/c1-20-12-3-2-8(14)4-10(12)13(19)11-7-18(17-16-11)9-5-15-6-9/h2-4,7,9,15H,5-6H2,1H3. The van der Waals surface area contributed by atoms with Gasteiger partial charge in [0.25, 0.3) is 0 Å². The Morgan fingerprint density at radius 1 is 1.50 bits per heavy atom. The first-order chi connectivity index (χ1) is 9.69. The molecule has 0 aliphatic carbocycles. The molecule has 0 unspecified atom stereocenters. The minimum Gasteiger partial charge on any atom is -0.496 e. The SMILES string of the molecule is COc1ccc(Cl)cc1C(=O)c1cn(C2CNC2)nn1. The van der Waals surface area contributed by atoms with Gasteiger partial charge in [-0.15, -0.1) is 5.10 Å². The van der Waals surface area contributed by atoms with Crippen LogP contribution in [0.3, 0.4) is 0 Å². The summed E-state index contributed by atoms with van der Waals surface area (Å²) in [5.74, 6) is 0.224. The van der Waals surface area contributed by atoms with Crippen molar-refractivity contribution < 1.29 is 9.53 Å². The van der Waals surface area contributed by atoms with Gasteiger partial charge in [0.15, 0.2) is 5.69 Å². The molecule has 3 rings (SSSR count). The van der Waals surface area contributed by atoms with Gasteiger partial charge in [-0.1, -0.05) is 16.8 Å². The van der Waals surface area contributed by atoms with Crippen LogP contribution in [-0.2, 0) is 0 Å². The summed E-state index contributed by atoms with van der Waals surface area (Å²) in [5.41, 5.74) is 0.677. The lowest BCUT2D eigenvalue weighted by atomic mass is 10.1. The van der Waals surface area contributed by atoms with E-state index in [1.54, 1.807) is 29.1 Å². The molecule has 1 aromatic heterocycles. The van der Waals surface area contributed by atoms with Crippen LogP contribution >= 0.6 is 11.6 Å². The number of nitrogens with one attached hydrogen (secondary N) is 1. The van der Waals surface area contributed by atoms with Crippen LogP contribution in [0.4, 0.5) is 0 Å². The predicted molar refractivity (Wildman–Crippen MR) is 73.4 cm³/mol. The number of ether oxygens (including phenoxy) is 1. The number of halogens is 1. The van der Waals surface area contributed by atoms with E-state index in [0.717, 1.165) is 13.1 Å². The second kappa shape index (κ2) is 5.22. The van der Waals surface area contributed by atoms with Crippen molar-refractivity contribution in [1.82, 2.24) is 20.3 Å². The van der Waals surface area contributed by atoms with E-state index in [0.29, 0.717) is 16.3 Å². The molecule has 2 aromatic rings. The number of benzene rings is 1. The van der Waals surface area contributed by atoms with Gasteiger partial charge in [0.2, 0.25) is 5.78 Å². The average molecular weight is 293 g/mol. The third kappa shape index (κ3) is 2.28. The zero-order chi connectivity index (χ0) is 14.1. The molecule has 0 atom stereocenters. The van der Waals surface area contributed by atoms with E-state index < -0.39 is 0 Å². The first-order valence-electron chi connectivity index (χ1n) is 6.20. The van der Waals surface area contributed by atoms with E-state index in [9.17, 15) is 4.79 Å². The number of carbonyl (C=O) groups is 1. The molecule has 0 radical (unpaired) electrons. The third-order valence-electron chi connectivity index (χ3n) is 3.28. The maximum absolute atomic E-state index is 12.5. The molecule has 2 heterocycles. The van der Waals surface area contributed by atoms with Crippen LogP contribution in [0, 0.1) is 0 Å². The van der Waals surface area contributed by atoms with Crippen molar-refractivity contribution in [3.8, 4) is 5.75 Å². The van der Waals surface area contributed by atoms with Gasteiger partial charge in [0.05, 0.1) is 24.9 Å². The Balaban J connectivity index is 1.91. The molecule has 1 aromatic carbocycles. The van der Waals surface area contributed by atoms with Crippen molar-refractivity contribution in [3.63, 3.8) is 0 Å². The van der Waals surface area contributed by atoms with E-state index in [1.807, 2.05) is 0 Å². The zero-order valence-corrected chi connectivity index (χ0v) is 11.6. The van der Waals surface area contributed by atoms with Gasteiger partial charge in [0, 0.05) is 18.1 Å². The lowest BCUT2D eigenvalue weighted by molar-refractivity contribution is 0.103. The van der Waals surface area contributed by atoms with Gasteiger partial charge in [0.1, 0.15) is 5.75 Å². The first-order valence-corrected chi connectivity index (χ1v) is 6.57. The van der Waals surface area contributed by atoms with E-state index in [2.05, 4.69) is 15.6 Å². The zero-order valence-electron chi connectivity index (χ0n) is 10.8. The largest absolute Gasteiger partial charge is 0.496 e. The lowest BCUT2D eigenvalue weighted by Crippen LogP contribution is -2.43. The average Bonchev–Trinajstić information content (AvgIpc) is 2.85. The molecular weight excluding hydrogens is 280 g/mol. The molecule has 1 aliphatic heterocycles. The Bertz CT molecular complexity index is 652. The van der Waals surface area contributed by atoms with Crippen molar-refractivity contribution in [2.75, 3.05) is 20.2 Å². The molecule has 0 saturated carbocycles. The van der Waals surface area contributed by atoms with Crippen LogP contribution in [-0.4, -0.2) is 41.0 Å². The monoisotopic (exact) mass is 292 g/mol. The predicted octanol–water partition coefficient (Wildman–Crippen LogP) is 1.32.